The van der Waals surface area contributed by atoms with E-state index in [1.807, 2.05) is 4.90 Å². The Hall–Kier alpha value is -1.15. The van der Waals surface area contributed by atoms with Crippen LogP contribution < -0.4 is 0 Å². The quantitative estimate of drug-likeness (QED) is 0.471. The monoisotopic (exact) mass is 449 g/mol. The average molecular weight is 450 g/mol. The van der Waals surface area contributed by atoms with Gasteiger partial charge in [0.1, 0.15) is 23.4 Å². The van der Waals surface area contributed by atoms with Crippen molar-refractivity contribution in [1.82, 2.24) is 4.90 Å². The van der Waals surface area contributed by atoms with Crippen molar-refractivity contribution in [2.45, 2.75) is 88.8 Å². The Labute approximate surface area is 191 Å². The standard InChI is InChI=1S/C25H39NO6/c1-17(2)5-6-19-23(3,32-19)21-20(28-4)18(7-8-25(21)16-30-25)31-22(27)26-12-9-24(10-13-26)11-14-29-15-24/h5,18-21H,6-16H2,1-4H3/t18-,19-,20-,21?,23+,25+/m1/s1. The predicted molar refractivity (Wildman–Crippen MR) is 118 cm³/mol. The molecule has 1 amide bonds. The predicted octanol–water partition coefficient (Wildman–Crippen LogP) is 3.70. The molecular formula is C25H39NO6. The second kappa shape index (κ2) is 8.26. The van der Waals surface area contributed by atoms with Gasteiger partial charge in [-0.3, -0.25) is 0 Å². The van der Waals surface area contributed by atoms with Crippen LogP contribution in [0.4, 0.5) is 4.79 Å². The van der Waals surface area contributed by atoms with E-state index in [4.69, 9.17) is 23.7 Å². The molecule has 4 saturated heterocycles. The third-order valence-corrected chi connectivity index (χ3v) is 8.76. The fraction of sp³-hybridized carbons (Fsp3) is 0.880. The molecule has 0 radical (unpaired) electrons. The third kappa shape index (κ3) is 3.99. The Morgan fingerprint density at radius 3 is 2.50 bits per heavy atom. The van der Waals surface area contributed by atoms with E-state index in [1.165, 1.54) is 5.57 Å². The first-order chi connectivity index (χ1) is 15.3. The van der Waals surface area contributed by atoms with Gasteiger partial charge < -0.3 is 28.6 Å². The van der Waals surface area contributed by atoms with Crippen LogP contribution in [0.5, 0.6) is 0 Å². The molecule has 0 N–H and O–H groups in total. The number of carbonyl (C=O) groups excluding carboxylic acids is 1. The summed E-state index contributed by atoms with van der Waals surface area (Å²) < 4.78 is 30.0. The van der Waals surface area contributed by atoms with Crippen LogP contribution in [0.3, 0.4) is 0 Å². The fourth-order valence-electron chi connectivity index (χ4n) is 6.48. The molecule has 4 aliphatic heterocycles. The summed E-state index contributed by atoms with van der Waals surface area (Å²) in [5.74, 6) is 0.0578. The van der Waals surface area contributed by atoms with E-state index in [9.17, 15) is 4.79 Å². The molecule has 6 atom stereocenters. The first-order valence-electron chi connectivity index (χ1n) is 12.3. The zero-order valence-corrected chi connectivity index (χ0v) is 20.1. The van der Waals surface area contributed by atoms with Gasteiger partial charge in [-0.1, -0.05) is 11.6 Å². The number of ether oxygens (including phenoxy) is 5. The van der Waals surface area contributed by atoms with Crippen molar-refractivity contribution in [2.75, 3.05) is 40.0 Å². The van der Waals surface area contributed by atoms with E-state index >= 15 is 0 Å². The lowest BCUT2D eigenvalue weighted by molar-refractivity contribution is -0.122. The Morgan fingerprint density at radius 2 is 1.91 bits per heavy atom. The number of piperidine rings is 1. The van der Waals surface area contributed by atoms with E-state index in [2.05, 4.69) is 26.8 Å². The summed E-state index contributed by atoms with van der Waals surface area (Å²) in [6, 6.07) is 0. The van der Waals surface area contributed by atoms with Crippen LogP contribution in [0, 0.1) is 11.3 Å². The molecule has 4 heterocycles. The number of methoxy groups -OCH3 is 1. The fourth-order valence-corrected chi connectivity index (χ4v) is 6.48. The first kappa shape index (κ1) is 22.6. The minimum Gasteiger partial charge on any atom is -0.443 e. The molecule has 180 valence electrons. The van der Waals surface area contributed by atoms with Gasteiger partial charge in [0.25, 0.3) is 0 Å². The van der Waals surface area contributed by atoms with Crippen molar-refractivity contribution in [3.8, 4) is 0 Å². The molecule has 0 bridgehead atoms. The second-order valence-electron chi connectivity index (χ2n) is 11.1. The molecule has 5 fully saturated rings. The number of rotatable bonds is 5. The van der Waals surface area contributed by atoms with Crippen LogP contribution in [0.15, 0.2) is 11.6 Å². The third-order valence-electron chi connectivity index (χ3n) is 8.76. The van der Waals surface area contributed by atoms with Gasteiger partial charge in [-0.2, -0.15) is 0 Å². The number of epoxide rings is 2. The lowest BCUT2D eigenvalue weighted by atomic mass is 9.68. The number of allylic oxidation sites excluding steroid dienone is 1. The van der Waals surface area contributed by atoms with Gasteiger partial charge >= 0.3 is 6.09 Å². The number of nitrogens with zero attached hydrogens (tertiary/aromatic N) is 1. The minimum atomic E-state index is -0.311. The lowest BCUT2D eigenvalue weighted by Gasteiger charge is -2.44. The van der Waals surface area contributed by atoms with Crippen LogP contribution in [-0.2, 0) is 23.7 Å². The zero-order valence-electron chi connectivity index (χ0n) is 20.1. The van der Waals surface area contributed by atoms with E-state index in [1.54, 1.807) is 7.11 Å². The highest BCUT2D eigenvalue weighted by Gasteiger charge is 2.72. The number of hydrogen-bond acceptors (Lipinski definition) is 6. The molecular weight excluding hydrogens is 410 g/mol. The Morgan fingerprint density at radius 1 is 1.16 bits per heavy atom. The van der Waals surface area contributed by atoms with Crippen LogP contribution in [0.25, 0.3) is 0 Å². The SMILES string of the molecule is CO[C@H]1C([C@@]2(C)O[C@@H]2CC=C(C)C)[C@]2(CC[C@H]1OC(=O)N1CCC3(CCOC3)CC1)CO2. The topological polar surface area (TPSA) is 73.1 Å². The van der Waals surface area contributed by atoms with Gasteiger partial charge in [0.15, 0.2) is 0 Å². The van der Waals surface area contributed by atoms with Crippen molar-refractivity contribution in [3.05, 3.63) is 11.6 Å². The van der Waals surface area contributed by atoms with Crippen LogP contribution >= 0.6 is 0 Å². The van der Waals surface area contributed by atoms with Gasteiger partial charge in [0, 0.05) is 26.8 Å². The zero-order chi connectivity index (χ0) is 22.6. The van der Waals surface area contributed by atoms with Crippen molar-refractivity contribution in [2.24, 2.45) is 11.3 Å². The summed E-state index contributed by atoms with van der Waals surface area (Å²) in [5.41, 5.74) is 1.06. The van der Waals surface area contributed by atoms with Crippen LogP contribution in [0.1, 0.15) is 59.3 Å². The average Bonchev–Trinajstić information content (AvgIpc) is 3.64. The number of carbonyl (C=O) groups is 1. The maximum atomic E-state index is 13.1. The molecule has 32 heavy (non-hydrogen) atoms. The molecule has 2 spiro atoms. The normalized spacial score (nSPS) is 42.2. The molecule has 1 saturated carbocycles. The Balaban J connectivity index is 1.24. The van der Waals surface area contributed by atoms with Crippen molar-refractivity contribution in [3.63, 3.8) is 0 Å². The summed E-state index contributed by atoms with van der Waals surface area (Å²) in [6.45, 7) is 10.3. The molecule has 0 aromatic rings. The molecule has 0 aromatic heterocycles. The highest BCUT2D eigenvalue weighted by molar-refractivity contribution is 5.68. The number of likely N-dealkylation sites (tertiary alicyclic amines) is 1. The highest BCUT2D eigenvalue weighted by atomic mass is 16.6. The van der Waals surface area contributed by atoms with E-state index in [-0.39, 0.29) is 46.9 Å². The lowest BCUT2D eigenvalue weighted by Crippen LogP contribution is -2.56. The van der Waals surface area contributed by atoms with E-state index in [0.717, 1.165) is 71.4 Å². The first-order valence-corrected chi connectivity index (χ1v) is 12.3. The van der Waals surface area contributed by atoms with Crippen LogP contribution in [0.2, 0.25) is 0 Å². The molecule has 5 rings (SSSR count). The van der Waals surface area contributed by atoms with Gasteiger partial charge in [-0.25, -0.2) is 4.79 Å². The molecule has 7 nitrogen and oxygen atoms in total. The summed E-state index contributed by atoms with van der Waals surface area (Å²) >= 11 is 0. The highest BCUT2D eigenvalue weighted by Crippen LogP contribution is 2.59. The number of hydrogen-bond donors (Lipinski definition) is 0. The largest absolute Gasteiger partial charge is 0.443 e. The molecule has 5 aliphatic rings. The Kier molecular flexibility index (Phi) is 5.84. The maximum absolute atomic E-state index is 13.1. The van der Waals surface area contributed by atoms with Gasteiger partial charge in [-0.05, 0) is 64.7 Å². The van der Waals surface area contributed by atoms with Crippen molar-refractivity contribution < 1.29 is 28.5 Å². The smallest absolute Gasteiger partial charge is 0.410 e. The minimum absolute atomic E-state index is 0.0578. The molecule has 1 aliphatic carbocycles. The summed E-state index contributed by atoms with van der Waals surface area (Å²) in [6.07, 6.45) is 7.33. The second-order valence-corrected chi connectivity index (χ2v) is 11.1. The molecule has 0 aromatic carbocycles. The van der Waals surface area contributed by atoms with Crippen molar-refractivity contribution in [1.29, 1.82) is 0 Å². The van der Waals surface area contributed by atoms with Gasteiger partial charge in [-0.15, -0.1) is 0 Å². The van der Waals surface area contributed by atoms with Crippen molar-refractivity contribution >= 4 is 6.09 Å². The molecule has 1 unspecified atom stereocenters. The van der Waals surface area contributed by atoms with E-state index < -0.39 is 0 Å². The van der Waals surface area contributed by atoms with Gasteiger partial charge in [0.2, 0.25) is 0 Å². The summed E-state index contributed by atoms with van der Waals surface area (Å²) in [5, 5.41) is 0. The van der Waals surface area contributed by atoms with Crippen LogP contribution in [-0.4, -0.2) is 80.5 Å². The maximum Gasteiger partial charge on any atom is 0.410 e. The molecule has 7 heteroatoms. The van der Waals surface area contributed by atoms with E-state index in [0.29, 0.717) is 0 Å². The number of amides is 1. The summed E-state index contributed by atoms with van der Waals surface area (Å²) in [7, 11) is 1.72. The van der Waals surface area contributed by atoms with Gasteiger partial charge in [0.05, 0.1) is 25.2 Å². The summed E-state index contributed by atoms with van der Waals surface area (Å²) in [4.78, 5) is 14.9. The Bertz CT molecular complexity index is 744.